The topological polar surface area (TPSA) is 118 Å². The van der Waals surface area contributed by atoms with Gasteiger partial charge in [0.1, 0.15) is 30.1 Å². The SMILES string of the molecule is COCCOc1ccc(-c2nc(N)c(C#N)c(-c3ccc(C(F)(F)F)cc3)c2C#N)cn1. The monoisotopic (exact) mass is 439 g/mol. The first-order chi connectivity index (χ1) is 15.3. The molecule has 0 saturated heterocycles. The van der Waals surface area contributed by atoms with Gasteiger partial charge in [0.2, 0.25) is 5.88 Å². The summed E-state index contributed by atoms with van der Waals surface area (Å²) < 4.78 is 49.1. The molecular weight excluding hydrogens is 423 g/mol. The van der Waals surface area contributed by atoms with Crippen LogP contribution in [0.25, 0.3) is 22.4 Å². The number of methoxy groups -OCH3 is 1. The normalized spacial score (nSPS) is 10.9. The number of nitrogen functional groups attached to an aromatic ring is 1. The predicted molar refractivity (Wildman–Crippen MR) is 109 cm³/mol. The van der Waals surface area contributed by atoms with Gasteiger partial charge in [0.15, 0.2) is 0 Å². The molecule has 0 radical (unpaired) electrons. The molecule has 2 heterocycles. The zero-order valence-electron chi connectivity index (χ0n) is 16.8. The van der Waals surface area contributed by atoms with Gasteiger partial charge in [-0.3, -0.25) is 0 Å². The highest BCUT2D eigenvalue weighted by atomic mass is 19.4. The van der Waals surface area contributed by atoms with E-state index in [0.29, 0.717) is 24.7 Å². The lowest BCUT2D eigenvalue weighted by molar-refractivity contribution is -0.137. The second-order valence-corrected chi connectivity index (χ2v) is 6.50. The number of hydrogen-bond acceptors (Lipinski definition) is 7. The molecule has 0 aliphatic heterocycles. The summed E-state index contributed by atoms with van der Waals surface area (Å²) in [6.07, 6.45) is -3.09. The highest BCUT2D eigenvalue weighted by molar-refractivity contribution is 5.87. The number of ether oxygens (including phenoxy) is 2. The summed E-state index contributed by atoms with van der Waals surface area (Å²) in [5, 5.41) is 19.4. The van der Waals surface area contributed by atoms with Gasteiger partial charge in [-0.25, -0.2) is 9.97 Å². The number of alkyl halides is 3. The molecule has 0 spiro atoms. The van der Waals surface area contributed by atoms with Crippen molar-refractivity contribution in [3.63, 3.8) is 0 Å². The number of aromatic nitrogens is 2. The van der Waals surface area contributed by atoms with Gasteiger partial charge in [0, 0.05) is 30.5 Å². The molecule has 2 N–H and O–H groups in total. The van der Waals surface area contributed by atoms with Crippen LogP contribution >= 0.6 is 0 Å². The molecule has 162 valence electrons. The molecule has 0 atom stereocenters. The maximum atomic E-state index is 12.9. The highest BCUT2D eigenvalue weighted by Gasteiger charge is 2.30. The second kappa shape index (κ2) is 9.33. The molecule has 0 bridgehead atoms. The van der Waals surface area contributed by atoms with E-state index in [1.54, 1.807) is 19.2 Å². The van der Waals surface area contributed by atoms with E-state index < -0.39 is 11.7 Å². The second-order valence-electron chi connectivity index (χ2n) is 6.50. The van der Waals surface area contributed by atoms with E-state index in [2.05, 4.69) is 9.97 Å². The van der Waals surface area contributed by atoms with Crippen molar-refractivity contribution in [2.24, 2.45) is 0 Å². The van der Waals surface area contributed by atoms with Gasteiger partial charge in [-0.2, -0.15) is 23.7 Å². The molecule has 1 aromatic carbocycles. The van der Waals surface area contributed by atoms with Crippen molar-refractivity contribution in [3.8, 4) is 40.4 Å². The maximum absolute atomic E-state index is 12.9. The van der Waals surface area contributed by atoms with E-state index in [0.717, 1.165) is 12.1 Å². The molecule has 3 rings (SSSR count). The summed E-state index contributed by atoms with van der Waals surface area (Å²) in [4.78, 5) is 8.34. The van der Waals surface area contributed by atoms with Crippen LogP contribution in [0.5, 0.6) is 5.88 Å². The Hall–Kier alpha value is -4.15. The smallest absolute Gasteiger partial charge is 0.416 e. The number of nitrogens with zero attached hydrogens (tertiary/aromatic N) is 4. The molecule has 0 saturated carbocycles. The molecule has 0 aliphatic carbocycles. The van der Waals surface area contributed by atoms with Gasteiger partial charge in [-0.15, -0.1) is 0 Å². The quantitative estimate of drug-likeness (QED) is 0.573. The molecule has 0 unspecified atom stereocenters. The third-order valence-corrected chi connectivity index (χ3v) is 4.50. The molecule has 0 fully saturated rings. The van der Waals surface area contributed by atoms with E-state index in [1.807, 2.05) is 12.1 Å². The van der Waals surface area contributed by atoms with Gasteiger partial charge in [-0.05, 0) is 23.8 Å². The van der Waals surface area contributed by atoms with E-state index in [1.165, 1.54) is 18.3 Å². The summed E-state index contributed by atoms with van der Waals surface area (Å²) in [7, 11) is 1.54. The van der Waals surface area contributed by atoms with E-state index >= 15 is 0 Å². The Morgan fingerprint density at radius 1 is 0.969 bits per heavy atom. The average Bonchev–Trinajstić information content (AvgIpc) is 2.78. The van der Waals surface area contributed by atoms with Crippen molar-refractivity contribution in [1.82, 2.24) is 9.97 Å². The van der Waals surface area contributed by atoms with Crippen molar-refractivity contribution >= 4 is 5.82 Å². The van der Waals surface area contributed by atoms with E-state index in [4.69, 9.17) is 15.2 Å². The van der Waals surface area contributed by atoms with E-state index in [9.17, 15) is 23.7 Å². The molecule has 7 nitrogen and oxygen atoms in total. The van der Waals surface area contributed by atoms with Crippen molar-refractivity contribution in [2.75, 3.05) is 26.1 Å². The van der Waals surface area contributed by atoms with Crippen LogP contribution in [0, 0.1) is 22.7 Å². The molecule has 0 aliphatic rings. The minimum Gasteiger partial charge on any atom is -0.475 e. The van der Waals surface area contributed by atoms with Crippen molar-refractivity contribution < 1.29 is 22.6 Å². The molecule has 10 heteroatoms. The van der Waals surface area contributed by atoms with Gasteiger partial charge >= 0.3 is 6.18 Å². The number of nitrogens with two attached hydrogens (primary N) is 1. The Balaban J connectivity index is 2.12. The molecule has 32 heavy (non-hydrogen) atoms. The zero-order chi connectivity index (χ0) is 23.3. The Bertz CT molecular complexity index is 1200. The van der Waals surface area contributed by atoms with Crippen LogP contribution in [0.1, 0.15) is 16.7 Å². The highest BCUT2D eigenvalue weighted by Crippen LogP contribution is 2.37. The Morgan fingerprint density at radius 3 is 2.16 bits per heavy atom. The number of benzene rings is 1. The summed E-state index contributed by atoms with van der Waals surface area (Å²) in [6, 6.07) is 11.2. The number of pyridine rings is 2. The van der Waals surface area contributed by atoms with Crippen LogP contribution in [-0.2, 0) is 10.9 Å². The lowest BCUT2D eigenvalue weighted by Crippen LogP contribution is -2.06. The molecule has 3 aromatic rings. The number of hydrogen-bond donors (Lipinski definition) is 1. The zero-order valence-corrected chi connectivity index (χ0v) is 16.8. The third-order valence-electron chi connectivity index (χ3n) is 4.50. The first-order valence-electron chi connectivity index (χ1n) is 9.19. The van der Waals surface area contributed by atoms with Crippen molar-refractivity contribution in [3.05, 3.63) is 59.3 Å². The number of rotatable bonds is 6. The van der Waals surface area contributed by atoms with Crippen molar-refractivity contribution in [1.29, 1.82) is 10.5 Å². The molecular formula is C22H16F3N5O2. The van der Waals surface area contributed by atoms with Crippen LogP contribution in [0.2, 0.25) is 0 Å². The van der Waals surface area contributed by atoms with Gasteiger partial charge in [0.25, 0.3) is 0 Å². The summed E-state index contributed by atoms with van der Waals surface area (Å²) in [6.45, 7) is 0.679. The summed E-state index contributed by atoms with van der Waals surface area (Å²) in [5.41, 5.74) is 5.90. The first kappa shape index (κ1) is 22.5. The van der Waals surface area contributed by atoms with Crippen LogP contribution in [0.3, 0.4) is 0 Å². The first-order valence-corrected chi connectivity index (χ1v) is 9.19. The minimum absolute atomic E-state index is 0.00893. The van der Waals surface area contributed by atoms with Crippen LogP contribution in [-0.4, -0.2) is 30.3 Å². The van der Waals surface area contributed by atoms with Crippen LogP contribution in [0.4, 0.5) is 19.0 Å². The van der Waals surface area contributed by atoms with E-state index in [-0.39, 0.29) is 33.8 Å². The fourth-order valence-electron chi connectivity index (χ4n) is 2.98. The largest absolute Gasteiger partial charge is 0.475 e. The average molecular weight is 439 g/mol. The number of halogens is 3. The van der Waals surface area contributed by atoms with Gasteiger partial charge in [0.05, 0.1) is 23.4 Å². The van der Waals surface area contributed by atoms with Gasteiger partial charge < -0.3 is 15.2 Å². The Labute approximate surface area is 181 Å². The minimum atomic E-state index is -4.52. The summed E-state index contributed by atoms with van der Waals surface area (Å²) in [5.74, 6) is 0.172. The van der Waals surface area contributed by atoms with Crippen molar-refractivity contribution in [2.45, 2.75) is 6.18 Å². The Kier molecular flexibility index (Phi) is 6.57. The predicted octanol–water partition coefficient (Wildman–Crippen LogP) is 4.18. The standard InChI is InChI=1S/C22H16F3N5O2/c1-31-8-9-32-18-7-4-14(12-29-18)20-16(10-26)19(17(11-27)21(28)30-20)13-2-5-15(6-3-13)22(23,24)25/h2-7,12H,8-9H2,1H3,(H2,28,30). The van der Waals surface area contributed by atoms with Crippen LogP contribution < -0.4 is 10.5 Å². The fourth-order valence-corrected chi connectivity index (χ4v) is 2.98. The lowest BCUT2D eigenvalue weighted by atomic mass is 9.92. The van der Waals surface area contributed by atoms with Gasteiger partial charge in [-0.1, -0.05) is 12.1 Å². The maximum Gasteiger partial charge on any atom is 0.416 e. The summed E-state index contributed by atoms with van der Waals surface area (Å²) >= 11 is 0. The third kappa shape index (κ3) is 4.61. The number of anilines is 1. The number of nitriles is 2. The fraction of sp³-hybridized carbons (Fsp3) is 0.182. The molecule has 2 aromatic heterocycles. The molecule has 0 amide bonds. The Morgan fingerprint density at radius 2 is 1.62 bits per heavy atom. The van der Waals surface area contributed by atoms with Crippen LogP contribution in [0.15, 0.2) is 42.6 Å². The lowest BCUT2D eigenvalue weighted by Gasteiger charge is -2.14.